The van der Waals surface area contributed by atoms with E-state index < -0.39 is 11.9 Å². The van der Waals surface area contributed by atoms with Gasteiger partial charge in [0.1, 0.15) is 5.69 Å². The average molecular weight is 948 g/mol. The molecule has 1 radical (unpaired) electrons. The van der Waals surface area contributed by atoms with Crippen LogP contribution in [0.4, 0.5) is 0 Å². The molecule has 0 saturated heterocycles. The Morgan fingerprint density at radius 1 is 0.623 bits per heavy atom. The van der Waals surface area contributed by atoms with Crippen LogP contribution < -0.4 is 16.1 Å². The van der Waals surface area contributed by atoms with Crippen molar-refractivity contribution in [3.05, 3.63) is 144 Å². The topological polar surface area (TPSA) is 186 Å². The largest absolute Gasteiger partial charge is 0.569 e. The maximum atomic E-state index is 12.6. The molecule has 0 atom stereocenters. The Labute approximate surface area is 385 Å². The summed E-state index contributed by atoms with van der Waals surface area (Å²) in [6.07, 6.45) is 0. The predicted molar refractivity (Wildman–Crippen MR) is 245 cm³/mol. The van der Waals surface area contributed by atoms with E-state index in [0.717, 1.165) is 16.7 Å². The molecule has 6 aromatic rings. The van der Waals surface area contributed by atoms with Crippen LogP contribution in [0.2, 0.25) is 25.2 Å². The van der Waals surface area contributed by atoms with E-state index in [2.05, 4.69) is 19.9 Å². The summed E-state index contributed by atoms with van der Waals surface area (Å²) in [6.45, 7) is 8.37. The van der Waals surface area contributed by atoms with E-state index in [-0.39, 0.29) is 42.2 Å². The van der Waals surface area contributed by atoms with Gasteiger partial charge >= 0.3 is 19.6 Å². The fourth-order valence-corrected chi connectivity index (χ4v) is 6.36. The zero-order valence-electron chi connectivity index (χ0n) is 33.2. The number of aromatic nitrogens is 4. The summed E-state index contributed by atoms with van der Waals surface area (Å²) >= 11 is 30.6. The first-order valence-electron chi connectivity index (χ1n) is 18.1. The van der Waals surface area contributed by atoms with E-state index in [1.807, 2.05) is 43.3 Å². The van der Waals surface area contributed by atoms with Gasteiger partial charge in [-0.3, -0.25) is 0 Å². The number of nitrogens with two attached hydrogens (primary N) is 2. The summed E-state index contributed by atoms with van der Waals surface area (Å²) in [4.78, 5) is 42.1. The lowest BCUT2D eigenvalue weighted by atomic mass is 10.0. The van der Waals surface area contributed by atoms with Gasteiger partial charge in [-0.15, -0.1) is 12.4 Å². The molecule has 0 saturated carbocycles. The van der Waals surface area contributed by atoms with Crippen molar-refractivity contribution in [2.75, 3.05) is 13.2 Å². The van der Waals surface area contributed by atoms with Crippen LogP contribution in [0.1, 0.15) is 57.3 Å². The lowest BCUT2D eigenvalue weighted by Gasteiger charge is -2.14. The number of esters is 2. The molecule has 61 heavy (non-hydrogen) atoms. The van der Waals surface area contributed by atoms with Gasteiger partial charge in [-0.05, 0) is 63.1 Å². The van der Waals surface area contributed by atoms with Crippen LogP contribution in [-0.2, 0) is 22.6 Å². The third-order valence-corrected chi connectivity index (χ3v) is 10.2. The third-order valence-electron chi connectivity index (χ3n) is 8.26. The van der Waals surface area contributed by atoms with E-state index in [1.54, 1.807) is 69.3 Å². The minimum atomic E-state index is -0.630. The molecule has 5 N–H and O–H groups in total. The molecule has 2 aromatic heterocycles. The van der Waals surface area contributed by atoms with Crippen LogP contribution in [0.15, 0.2) is 84.9 Å². The molecule has 0 amide bonds. The molecule has 0 fully saturated rings. The van der Waals surface area contributed by atoms with Gasteiger partial charge in [-0.1, -0.05) is 119 Å². The van der Waals surface area contributed by atoms with Gasteiger partial charge in [0.2, 0.25) is 0 Å². The van der Waals surface area contributed by atoms with Gasteiger partial charge in [0.25, 0.3) is 0 Å². The molecule has 0 aliphatic carbocycles. The van der Waals surface area contributed by atoms with Crippen molar-refractivity contribution in [1.29, 1.82) is 0 Å². The zero-order valence-corrected chi connectivity index (χ0v) is 37.8. The Morgan fingerprint density at radius 3 is 1.52 bits per heavy atom. The maximum absolute atomic E-state index is 12.6. The molecular weight excluding hydrogens is 908 g/mol. The van der Waals surface area contributed by atoms with Crippen LogP contribution in [-0.4, -0.2) is 57.8 Å². The number of rotatable bonds is 11. The Morgan fingerprint density at radius 2 is 1.07 bits per heavy atom. The van der Waals surface area contributed by atoms with Gasteiger partial charge in [0.15, 0.2) is 16.5 Å². The molecule has 0 spiro atoms. The number of hydrogen-bond acceptors (Lipinski definition) is 12. The van der Waals surface area contributed by atoms with Gasteiger partial charge in [0, 0.05) is 29.8 Å². The summed E-state index contributed by atoms with van der Waals surface area (Å²) in [6, 6.07) is 25.1. The molecule has 2 heterocycles. The van der Waals surface area contributed by atoms with Crippen molar-refractivity contribution >= 4 is 90.0 Å². The van der Waals surface area contributed by atoms with Crippen LogP contribution in [0, 0.1) is 13.8 Å². The molecule has 19 heteroatoms. The molecule has 6 rings (SSSR count). The van der Waals surface area contributed by atoms with Crippen molar-refractivity contribution < 1.29 is 28.7 Å². The first kappa shape index (κ1) is 50.8. The van der Waals surface area contributed by atoms with Crippen molar-refractivity contribution in [1.82, 2.24) is 19.9 Å². The highest BCUT2D eigenvalue weighted by Gasteiger charge is 2.23. The zero-order chi connectivity index (χ0) is 43.9. The van der Waals surface area contributed by atoms with E-state index in [9.17, 15) is 9.59 Å². The van der Waals surface area contributed by atoms with Crippen LogP contribution in [0.3, 0.4) is 0 Å². The second-order valence-electron chi connectivity index (χ2n) is 12.3. The van der Waals surface area contributed by atoms with Crippen molar-refractivity contribution in [3.63, 3.8) is 0 Å². The highest BCUT2D eigenvalue weighted by atomic mass is 35.5. The lowest BCUT2D eigenvalue weighted by Crippen LogP contribution is -2.12. The molecule has 0 aliphatic rings. The quantitative estimate of drug-likeness (QED) is 0.0826. The predicted octanol–water partition coefficient (Wildman–Crippen LogP) is 10.1. The van der Waals surface area contributed by atoms with E-state index in [4.69, 9.17) is 88.6 Å². The third kappa shape index (κ3) is 13.5. The lowest BCUT2D eigenvalue weighted by molar-refractivity contribution is 0.0510. The smallest absolute Gasteiger partial charge is 0.537 e. The van der Waals surface area contributed by atoms with E-state index in [0.29, 0.717) is 86.2 Å². The van der Waals surface area contributed by atoms with E-state index in [1.165, 1.54) is 0 Å². The van der Waals surface area contributed by atoms with Gasteiger partial charge < -0.3 is 30.6 Å². The maximum Gasteiger partial charge on any atom is 0.569 e. The number of nitrogens with zero attached hydrogens (tertiary/aromatic N) is 4. The normalized spacial score (nSPS) is 10.2. The van der Waals surface area contributed by atoms with Crippen LogP contribution in [0.5, 0.6) is 5.75 Å². The molecular formula is C42H40BCl6N6O6. The molecule has 0 aliphatic heterocycles. The number of aryl methyl sites for hydroxylation is 2. The number of ether oxygens (including phenoxy) is 2. The molecule has 0 bridgehead atoms. The highest BCUT2D eigenvalue weighted by Crippen LogP contribution is 2.36. The number of carbonyl (C=O) groups excluding carboxylic acids is 2. The Kier molecular flexibility index (Phi) is 20.7. The first-order valence-corrected chi connectivity index (χ1v) is 20.0. The minimum absolute atomic E-state index is 0. The number of hydrogen-bond donors (Lipinski definition) is 3. The van der Waals surface area contributed by atoms with Crippen molar-refractivity contribution in [2.24, 2.45) is 11.5 Å². The van der Waals surface area contributed by atoms with Gasteiger partial charge in [-0.25, -0.2) is 29.5 Å². The Balaban J connectivity index is 0.000000264. The Bertz CT molecular complexity index is 2430. The van der Waals surface area contributed by atoms with Crippen molar-refractivity contribution in [3.8, 4) is 39.5 Å². The van der Waals surface area contributed by atoms with Crippen LogP contribution >= 0.6 is 70.4 Å². The summed E-state index contributed by atoms with van der Waals surface area (Å²) in [5.74, 6) is -0.577. The second kappa shape index (κ2) is 24.8. The Hall–Kier alpha value is -4.54. The number of benzene rings is 4. The van der Waals surface area contributed by atoms with Crippen LogP contribution in [0.25, 0.3) is 33.8 Å². The number of carbonyl (C=O) groups is 2. The standard InChI is InChI=1S/C21H19Cl2N3O2.C14H11Cl3N2O2.C7H9BNO2.ClH/c1-3-28-21(27)20-19(14-9-7-13(11-24)8-10-14)25-12(2)18(26-20)15-5-4-6-16(22)17(15)23;1-3-21-14(20)12-13(17)18-7(2)11(19-12)8-5-4-6-9(15)10(8)16;9-5-6-1-3-7(4-2-6)11-8-10;/h4-10H,3,11,24H2,1-2H3;4-6H,3H2,1-2H3;1-4,10H,5,9H2;1H. The summed E-state index contributed by atoms with van der Waals surface area (Å²) in [7, 11) is 0.650. The number of halogens is 6. The molecule has 319 valence electrons. The van der Waals surface area contributed by atoms with Gasteiger partial charge in [-0.2, -0.15) is 0 Å². The fourth-order valence-electron chi connectivity index (χ4n) is 5.33. The minimum Gasteiger partial charge on any atom is -0.537 e. The van der Waals surface area contributed by atoms with E-state index >= 15 is 0 Å². The molecule has 0 unspecified atom stereocenters. The monoisotopic (exact) mass is 945 g/mol. The summed E-state index contributed by atoms with van der Waals surface area (Å²) in [5, 5.41) is 9.76. The van der Waals surface area contributed by atoms with Gasteiger partial charge in [0.05, 0.1) is 61.8 Å². The summed E-state index contributed by atoms with van der Waals surface area (Å²) < 4.78 is 14.8. The average Bonchev–Trinajstić information content (AvgIpc) is 3.24. The first-order chi connectivity index (χ1) is 28.8. The fraction of sp³-hybridized carbons (Fsp3) is 0.190. The SMILES string of the molecule is CCOC(=O)c1nc(-c2cccc(Cl)c2Cl)c(C)nc1-c1ccc(CN)cc1.CCOC(=O)c1nc(-c2cccc(Cl)c2Cl)c(C)nc1Cl.Cl.NCc1ccc(O[B]O)cc1. The van der Waals surface area contributed by atoms with Crippen molar-refractivity contribution in [2.45, 2.75) is 40.8 Å². The highest BCUT2D eigenvalue weighted by molar-refractivity contribution is 6.44. The molecule has 4 aromatic carbocycles. The summed E-state index contributed by atoms with van der Waals surface area (Å²) in [5.41, 5.74) is 17.6. The molecule has 12 nitrogen and oxygen atoms in total. The second-order valence-corrected chi connectivity index (χ2v) is 14.2.